The van der Waals surface area contributed by atoms with Crippen LogP contribution in [0.2, 0.25) is 0 Å². The molecule has 14 heteroatoms. The Hall–Kier alpha value is -0.650. The molecule has 2 aliphatic carbocycles. The zero-order valence-corrected chi connectivity index (χ0v) is 31.4. The van der Waals surface area contributed by atoms with Gasteiger partial charge >= 0.3 is 6.18 Å². The fourth-order valence-electron chi connectivity index (χ4n) is 11.6. The summed E-state index contributed by atoms with van der Waals surface area (Å²) >= 11 is 0. The monoisotopic (exact) mass is 733 g/mol. The molecule has 0 N–H and O–H groups in total. The van der Waals surface area contributed by atoms with Crippen molar-refractivity contribution in [2.75, 3.05) is 33.4 Å². The highest BCUT2D eigenvalue weighted by molar-refractivity contribution is 5.13. The summed E-state index contributed by atoms with van der Waals surface area (Å²) in [6, 6.07) is 0. The number of hydrogen-bond donors (Lipinski definition) is 0. The average Bonchev–Trinajstić information content (AvgIpc) is 3.43. The van der Waals surface area contributed by atoms with E-state index in [0.717, 1.165) is 38.5 Å². The molecular formula is C37H58F3NO10. The lowest BCUT2D eigenvalue weighted by molar-refractivity contribution is -0.598. The van der Waals surface area contributed by atoms with E-state index in [1.165, 1.54) is 0 Å². The molecule has 292 valence electrons. The molecule has 0 unspecified atom stereocenters. The maximum absolute atomic E-state index is 15.2. The number of rotatable bonds is 8. The summed E-state index contributed by atoms with van der Waals surface area (Å²) in [5, 5.41) is 0. The Morgan fingerprint density at radius 1 is 0.608 bits per heavy atom. The average molecular weight is 734 g/mol. The van der Waals surface area contributed by atoms with Crippen LogP contribution in [-0.4, -0.2) is 91.4 Å². The second-order valence-electron chi connectivity index (χ2n) is 17.8. The van der Waals surface area contributed by atoms with Gasteiger partial charge in [0.25, 0.3) is 5.79 Å². The SMILES string of the molecule is C[C@@H]1CC[C@H]2[C@@H](C)[C@@](C)(OCCN(C)CCO[C@@]3(C(F)(F)F)O[C@@H]4O[C@@]5(C)CC[C@H]6[C@H](C)CC[C@@H]([C@H]3C)[C@@]46OO5)O[C@@H]3O[C@@]4(C)CC[C@@H]1[C@]32OO4. The number of ether oxygens (including phenoxy) is 6. The lowest BCUT2D eigenvalue weighted by Crippen LogP contribution is -2.76. The zero-order chi connectivity index (χ0) is 36.4. The van der Waals surface area contributed by atoms with Crippen LogP contribution in [0.4, 0.5) is 13.2 Å². The van der Waals surface area contributed by atoms with Crippen LogP contribution < -0.4 is 0 Å². The van der Waals surface area contributed by atoms with Crippen LogP contribution in [0.3, 0.4) is 0 Å². The summed E-state index contributed by atoms with van der Waals surface area (Å²) in [5.74, 6) is -6.49. The van der Waals surface area contributed by atoms with Crippen LogP contribution >= 0.6 is 0 Å². The molecule has 8 saturated heterocycles. The first-order valence-corrected chi connectivity index (χ1v) is 19.4. The molecule has 0 radical (unpaired) electrons. The van der Waals surface area contributed by atoms with Crippen molar-refractivity contribution in [2.45, 2.75) is 153 Å². The number of halogens is 3. The number of alkyl halides is 3. The number of hydrogen-bond acceptors (Lipinski definition) is 11. The van der Waals surface area contributed by atoms with E-state index in [2.05, 4.69) is 20.8 Å². The van der Waals surface area contributed by atoms with Crippen molar-refractivity contribution in [1.29, 1.82) is 0 Å². The molecule has 16 atom stereocenters. The molecule has 51 heavy (non-hydrogen) atoms. The van der Waals surface area contributed by atoms with Crippen molar-refractivity contribution < 1.29 is 61.1 Å². The molecule has 10 fully saturated rings. The summed E-state index contributed by atoms with van der Waals surface area (Å²) in [4.78, 5) is 26.0. The molecule has 0 aromatic heterocycles. The lowest BCUT2D eigenvalue weighted by Gasteiger charge is -2.62. The fraction of sp³-hybridized carbons (Fsp3) is 1.00. The van der Waals surface area contributed by atoms with Gasteiger partial charge in [-0.2, -0.15) is 13.2 Å². The van der Waals surface area contributed by atoms with Crippen LogP contribution in [0.25, 0.3) is 0 Å². The molecule has 2 saturated carbocycles. The predicted octanol–water partition coefficient (Wildman–Crippen LogP) is 6.69. The summed E-state index contributed by atoms with van der Waals surface area (Å²) in [5.41, 5.74) is -1.81. The molecule has 8 aliphatic heterocycles. The van der Waals surface area contributed by atoms with E-state index in [9.17, 15) is 0 Å². The van der Waals surface area contributed by atoms with E-state index in [1.807, 2.05) is 25.8 Å². The van der Waals surface area contributed by atoms with Crippen LogP contribution in [0.1, 0.15) is 99.8 Å². The first-order valence-electron chi connectivity index (χ1n) is 19.4. The van der Waals surface area contributed by atoms with Gasteiger partial charge in [-0.05, 0) is 90.0 Å². The third kappa shape index (κ3) is 5.46. The van der Waals surface area contributed by atoms with Crippen LogP contribution in [0.15, 0.2) is 0 Å². The van der Waals surface area contributed by atoms with Crippen molar-refractivity contribution >= 4 is 0 Å². The Labute approximate surface area is 299 Å². The minimum Gasteiger partial charge on any atom is -0.348 e. The Bertz CT molecular complexity index is 1330. The lowest BCUT2D eigenvalue weighted by atomic mass is 9.57. The van der Waals surface area contributed by atoms with Crippen molar-refractivity contribution in [3.05, 3.63) is 0 Å². The van der Waals surface area contributed by atoms with E-state index in [-0.39, 0.29) is 42.7 Å². The first kappa shape index (κ1) is 37.3. The Balaban J connectivity index is 0.920. The van der Waals surface area contributed by atoms with E-state index in [0.29, 0.717) is 31.9 Å². The zero-order valence-electron chi connectivity index (χ0n) is 31.4. The van der Waals surface area contributed by atoms with Gasteiger partial charge in [0.2, 0.25) is 11.6 Å². The number of fused-ring (bicyclic) bond motifs is 4. The molecule has 0 amide bonds. The van der Waals surface area contributed by atoms with Crippen molar-refractivity contribution in [2.24, 2.45) is 47.3 Å². The van der Waals surface area contributed by atoms with E-state index in [4.69, 9.17) is 48.0 Å². The van der Waals surface area contributed by atoms with Gasteiger partial charge in [-0.15, -0.1) is 0 Å². The summed E-state index contributed by atoms with van der Waals surface area (Å²) < 4.78 is 83.6. The maximum atomic E-state index is 15.2. The smallest absolute Gasteiger partial charge is 0.348 e. The minimum atomic E-state index is -4.81. The third-order valence-corrected chi connectivity index (χ3v) is 14.9. The molecule has 8 heterocycles. The van der Waals surface area contributed by atoms with Gasteiger partial charge in [0.05, 0.1) is 13.2 Å². The van der Waals surface area contributed by atoms with Crippen LogP contribution in [0, 0.1) is 47.3 Å². The van der Waals surface area contributed by atoms with Crippen LogP contribution in [0.5, 0.6) is 0 Å². The summed E-state index contributed by atoms with van der Waals surface area (Å²) in [6.07, 6.45) is -0.439. The largest absolute Gasteiger partial charge is 0.443 e. The second kappa shape index (κ2) is 12.4. The van der Waals surface area contributed by atoms with Gasteiger partial charge in [0.1, 0.15) is 0 Å². The molecule has 10 aliphatic rings. The van der Waals surface area contributed by atoms with Gasteiger partial charge < -0.3 is 33.3 Å². The normalized spacial score (nSPS) is 54.8. The highest BCUT2D eigenvalue weighted by atomic mass is 19.4. The number of likely N-dealkylation sites (N-methyl/N-ethyl adjacent to an activating group) is 1. The Kier molecular flexibility index (Phi) is 9.08. The van der Waals surface area contributed by atoms with Gasteiger partial charge in [0, 0.05) is 49.6 Å². The molecular weight excluding hydrogens is 675 g/mol. The molecule has 11 nitrogen and oxygen atoms in total. The van der Waals surface area contributed by atoms with Gasteiger partial charge in [0.15, 0.2) is 29.6 Å². The van der Waals surface area contributed by atoms with Crippen molar-refractivity contribution in [3.63, 3.8) is 0 Å². The molecule has 0 aromatic carbocycles. The Morgan fingerprint density at radius 2 is 1.10 bits per heavy atom. The topological polar surface area (TPSA) is 95.5 Å². The van der Waals surface area contributed by atoms with E-state index in [1.54, 1.807) is 13.8 Å². The quantitative estimate of drug-likeness (QED) is 0.250. The predicted molar refractivity (Wildman–Crippen MR) is 173 cm³/mol. The molecule has 10 rings (SSSR count). The fourth-order valence-corrected chi connectivity index (χ4v) is 11.6. The van der Waals surface area contributed by atoms with Gasteiger partial charge in [-0.3, -0.25) is 0 Å². The maximum Gasteiger partial charge on any atom is 0.443 e. The standard InChI is InChI=1S/C37H58F3NO10/c1-21-9-11-27-23(3)33(7,46-29-34(27)25(21)13-15-31(5,44-29)48-50-34)42-19-17-41(8)18-20-43-36(37(38,39)40)24(4)28-12-10-22(2)26-14-16-32(6)45-30(47-36)35(26,28)51-49-32/h21-30H,9-20H2,1-8H3/t21-,22-,23-,24-,25+,26+,27+,28+,29+,30+,31-,32-,33+,34-,35-,36-/m1/s1. The van der Waals surface area contributed by atoms with Gasteiger partial charge in [-0.1, -0.05) is 27.7 Å². The van der Waals surface area contributed by atoms with E-state index < -0.39 is 64.9 Å². The second-order valence-corrected chi connectivity index (χ2v) is 17.8. The van der Waals surface area contributed by atoms with E-state index >= 15 is 13.2 Å². The number of nitrogens with zero attached hydrogens (tertiary/aromatic N) is 1. The third-order valence-electron chi connectivity index (χ3n) is 14.9. The van der Waals surface area contributed by atoms with Crippen LogP contribution in [-0.2, 0) is 48.0 Å². The summed E-state index contributed by atoms with van der Waals surface area (Å²) in [7, 11) is 1.84. The highest BCUT2D eigenvalue weighted by Crippen LogP contribution is 2.65. The van der Waals surface area contributed by atoms with Crippen molar-refractivity contribution in [1.82, 2.24) is 4.90 Å². The first-order chi connectivity index (χ1) is 23.9. The highest BCUT2D eigenvalue weighted by Gasteiger charge is 2.77. The molecule has 2 spiro atoms. The summed E-state index contributed by atoms with van der Waals surface area (Å²) in [6.45, 7) is 14.4. The molecule has 0 aromatic rings. The van der Waals surface area contributed by atoms with Gasteiger partial charge in [-0.25, -0.2) is 19.6 Å². The Morgan fingerprint density at radius 3 is 1.63 bits per heavy atom. The minimum absolute atomic E-state index is 0.0209. The molecule has 4 bridgehead atoms. The van der Waals surface area contributed by atoms with Crippen molar-refractivity contribution in [3.8, 4) is 0 Å².